The molecule has 2 aromatic carbocycles. The molecule has 0 radical (unpaired) electrons. The van der Waals surface area contributed by atoms with Gasteiger partial charge in [-0.25, -0.2) is 8.78 Å². The van der Waals surface area contributed by atoms with Gasteiger partial charge in [-0.05, 0) is 36.4 Å². The Morgan fingerprint density at radius 2 is 1.74 bits per heavy atom. The summed E-state index contributed by atoms with van der Waals surface area (Å²) in [6, 6.07) is 9.38. The molecule has 0 aliphatic carbocycles. The van der Waals surface area contributed by atoms with Crippen molar-refractivity contribution in [3.63, 3.8) is 0 Å². The minimum Gasteiger partial charge on any atom is -0.322 e. The Morgan fingerprint density at radius 1 is 1.05 bits per heavy atom. The highest BCUT2D eigenvalue weighted by Crippen LogP contribution is 2.14. The summed E-state index contributed by atoms with van der Waals surface area (Å²) in [5.41, 5.74) is 0.466. The number of anilines is 1. The van der Waals surface area contributed by atoms with Crippen molar-refractivity contribution in [1.29, 1.82) is 0 Å². The lowest BCUT2D eigenvalue weighted by molar-refractivity contribution is 0.102. The maximum Gasteiger partial charge on any atom is 0.258 e. The van der Waals surface area contributed by atoms with Crippen LogP contribution in [-0.2, 0) is 0 Å². The fourth-order valence-electron chi connectivity index (χ4n) is 1.52. The summed E-state index contributed by atoms with van der Waals surface area (Å²) in [6.07, 6.45) is 0.665. The van der Waals surface area contributed by atoms with E-state index in [1.54, 1.807) is 0 Å². The third-order valence-electron chi connectivity index (χ3n) is 2.50. The molecule has 0 bridgehead atoms. The predicted octanol–water partition coefficient (Wildman–Crippen LogP) is 3.03. The Balaban J connectivity index is 2.20. The largest absolute Gasteiger partial charge is 0.322 e. The van der Waals surface area contributed by atoms with Crippen LogP contribution in [0, 0.1) is 11.6 Å². The van der Waals surface area contributed by atoms with Crippen LogP contribution in [0.4, 0.5) is 14.5 Å². The van der Waals surface area contributed by atoms with Crippen LogP contribution >= 0.6 is 0 Å². The fraction of sp³-hybridized carbons (Fsp3) is 0. The number of carbonyl (C=O) groups is 2. The van der Waals surface area contributed by atoms with Gasteiger partial charge in [0.05, 0.1) is 5.56 Å². The molecular formula is C14H9F2NO2. The Morgan fingerprint density at radius 3 is 2.37 bits per heavy atom. The quantitative estimate of drug-likeness (QED) is 0.863. The normalized spacial score (nSPS) is 10.0. The molecule has 1 N–H and O–H groups in total. The highest BCUT2D eigenvalue weighted by Gasteiger charge is 2.14. The van der Waals surface area contributed by atoms with E-state index in [0.717, 1.165) is 6.07 Å². The molecule has 0 saturated carbocycles. The fourth-order valence-corrected chi connectivity index (χ4v) is 1.52. The number of amides is 1. The molecule has 0 aliphatic heterocycles. The van der Waals surface area contributed by atoms with Crippen LogP contribution in [0.3, 0.4) is 0 Å². The molecule has 0 atom stereocenters. The second kappa shape index (κ2) is 5.39. The number of rotatable bonds is 3. The van der Waals surface area contributed by atoms with E-state index >= 15 is 0 Å². The van der Waals surface area contributed by atoms with Crippen molar-refractivity contribution in [1.82, 2.24) is 0 Å². The van der Waals surface area contributed by atoms with Crippen molar-refractivity contribution in [3.05, 3.63) is 65.2 Å². The molecule has 0 aromatic heterocycles. The lowest BCUT2D eigenvalue weighted by Gasteiger charge is -2.06. The first-order valence-corrected chi connectivity index (χ1v) is 5.42. The molecule has 0 aliphatic rings. The molecule has 0 unspecified atom stereocenters. The molecule has 0 spiro atoms. The van der Waals surface area contributed by atoms with Gasteiger partial charge in [-0.3, -0.25) is 9.59 Å². The molecule has 5 heteroatoms. The van der Waals surface area contributed by atoms with Crippen molar-refractivity contribution in [2.75, 3.05) is 5.32 Å². The van der Waals surface area contributed by atoms with Crippen molar-refractivity contribution >= 4 is 17.9 Å². The first kappa shape index (κ1) is 12.9. The number of hydrogen-bond acceptors (Lipinski definition) is 2. The number of nitrogens with one attached hydrogen (secondary N) is 1. The molecule has 0 saturated heterocycles. The molecule has 3 nitrogen and oxygen atoms in total. The van der Waals surface area contributed by atoms with Gasteiger partial charge in [-0.1, -0.05) is 6.07 Å². The third kappa shape index (κ3) is 2.82. The molecule has 0 heterocycles. The van der Waals surface area contributed by atoms with Gasteiger partial charge in [0.25, 0.3) is 5.91 Å². The number of aldehydes is 1. The number of carbonyl (C=O) groups excluding carboxylic acids is 2. The van der Waals surface area contributed by atoms with Gasteiger partial charge in [-0.2, -0.15) is 0 Å². The van der Waals surface area contributed by atoms with E-state index in [4.69, 9.17) is 0 Å². The van der Waals surface area contributed by atoms with E-state index in [-0.39, 0.29) is 5.56 Å². The van der Waals surface area contributed by atoms with Crippen molar-refractivity contribution < 1.29 is 18.4 Å². The van der Waals surface area contributed by atoms with Gasteiger partial charge in [0.2, 0.25) is 0 Å². The standard InChI is InChI=1S/C14H9F2NO2/c15-12-3-1-2-11(13(12)16)14(19)17-10-6-4-9(8-18)5-7-10/h1-8H,(H,17,19). The second-order valence-corrected chi connectivity index (χ2v) is 3.80. The second-order valence-electron chi connectivity index (χ2n) is 3.80. The Bertz CT molecular complexity index is 624. The Hall–Kier alpha value is -2.56. The highest BCUT2D eigenvalue weighted by atomic mass is 19.2. The average molecular weight is 261 g/mol. The van der Waals surface area contributed by atoms with Gasteiger partial charge in [0.15, 0.2) is 11.6 Å². The van der Waals surface area contributed by atoms with E-state index in [2.05, 4.69) is 5.32 Å². The highest BCUT2D eigenvalue weighted by molar-refractivity contribution is 6.04. The summed E-state index contributed by atoms with van der Waals surface area (Å²) in [5.74, 6) is -3.02. The van der Waals surface area contributed by atoms with Gasteiger partial charge in [0, 0.05) is 11.3 Å². The zero-order valence-corrected chi connectivity index (χ0v) is 9.69. The summed E-state index contributed by atoms with van der Waals surface area (Å²) in [4.78, 5) is 22.2. The van der Waals surface area contributed by atoms with E-state index in [1.165, 1.54) is 36.4 Å². The minimum atomic E-state index is -1.19. The Labute approximate surface area is 107 Å². The third-order valence-corrected chi connectivity index (χ3v) is 2.50. The van der Waals surface area contributed by atoms with Gasteiger partial charge >= 0.3 is 0 Å². The van der Waals surface area contributed by atoms with E-state index in [9.17, 15) is 18.4 Å². The van der Waals surface area contributed by atoms with Crippen LogP contribution in [0.25, 0.3) is 0 Å². The monoisotopic (exact) mass is 261 g/mol. The number of halogens is 2. The zero-order chi connectivity index (χ0) is 13.8. The van der Waals surface area contributed by atoms with Crippen LogP contribution in [0.2, 0.25) is 0 Å². The molecule has 0 fully saturated rings. The topological polar surface area (TPSA) is 46.2 Å². The molecule has 19 heavy (non-hydrogen) atoms. The summed E-state index contributed by atoms with van der Waals surface area (Å²) >= 11 is 0. The molecule has 2 aromatic rings. The average Bonchev–Trinajstić information content (AvgIpc) is 2.42. The smallest absolute Gasteiger partial charge is 0.258 e. The summed E-state index contributed by atoms with van der Waals surface area (Å²) < 4.78 is 26.4. The zero-order valence-electron chi connectivity index (χ0n) is 9.69. The predicted molar refractivity (Wildman–Crippen MR) is 66.1 cm³/mol. The van der Waals surface area contributed by atoms with Crippen LogP contribution in [0.1, 0.15) is 20.7 Å². The van der Waals surface area contributed by atoms with E-state index in [0.29, 0.717) is 17.5 Å². The first-order chi connectivity index (χ1) is 9.11. The van der Waals surface area contributed by atoms with Gasteiger partial charge in [0.1, 0.15) is 6.29 Å². The van der Waals surface area contributed by atoms with Crippen molar-refractivity contribution in [3.8, 4) is 0 Å². The summed E-state index contributed by atoms with van der Waals surface area (Å²) in [5, 5.41) is 2.42. The molecule has 96 valence electrons. The van der Waals surface area contributed by atoms with Crippen LogP contribution in [0.5, 0.6) is 0 Å². The van der Waals surface area contributed by atoms with Crippen LogP contribution < -0.4 is 5.32 Å². The molecule has 1 amide bonds. The minimum absolute atomic E-state index is 0.375. The van der Waals surface area contributed by atoms with Crippen LogP contribution in [0.15, 0.2) is 42.5 Å². The van der Waals surface area contributed by atoms with Crippen molar-refractivity contribution in [2.45, 2.75) is 0 Å². The number of benzene rings is 2. The molecule has 2 rings (SSSR count). The summed E-state index contributed by atoms with van der Waals surface area (Å²) in [6.45, 7) is 0. The maximum absolute atomic E-state index is 13.4. The summed E-state index contributed by atoms with van der Waals surface area (Å²) in [7, 11) is 0. The first-order valence-electron chi connectivity index (χ1n) is 5.42. The van der Waals surface area contributed by atoms with Crippen LogP contribution in [-0.4, -0.2) is 12.2 Å². The lowest BCUT2D eigenvalue weighted by atomic mass is 10.1. The maximum atomic E-state index is 13.4. The Kier molecular flexibility index (Phi) is 3.66. The number of hydrogen-bond donors (Lipinski definition) is 1. The van der Waals surface area contributed by atoms with Gasteiger partial charge < -0.3 is 5.32 Å². The van der Waals surface area contributed by atoms with E-state index < -0.39 is 17.5 Å². The van der Waals surface area contributed by atoms with E-state index in [1.807, 2.05) is 0 Å². The molecular weight excluding hydrogens is 252 g/mol. The lowest BCUT2D eigenvalue weighted by Crippen LogP contribution is -2.14. The van der Waals surface area contributed by atoms with Gasteiger partial charge in [-0.15, -0.1) is 0 Å². The SMILES string of the molecule is O=Cc1ccc(NC(=O)c2cccc(F)c2F)cc1. The van der Waals surface area contributed by atoms with Crippen molar-refractivity contribution in [2.24, 2.45) is 0 Å².